The zero-order chi connectivity index (χ0) is 13.8. The lowest BCUT2D eigenvalue weighted by Crippen LogP contribution is -2.30. The first-order valence-electron chi connectivity index (χ1n) is 5.20. The molecule has 1 aromatic carbocycles. The van der Waals surface area contributed by atoms with Gasteiger partial charge in [-0.1, -0.05) is 11.6 Å². The summed E-state index contributed by atoms with van der Waals surface area (Å²) in [4.78, 5) is 11.1. The third kappa shape index (κ3) is 3.96. The highest BCUT2D eigenvalue weighted by atomic mass is 35.5. The minimum Gasteiger partial charge on any atom is -0.369 e. The minimum atomic E-state index is -3.67. The largest absolute Gasteiger partial charge is 0.369 e. The Labute approximate surface area is 110 Å². The number of rotatable bonds is 6. The molecule has 100 valence electrons. The fourth-order valence-corrected chi connectivity index (χ4v) is 3.17. The fraction of sp³-hybridized carbons (Fsp3) is 0.364. The Balaban J connectivity index is 2.93. The molecular weight excluding hydrogens is 281 g/mol. The van der Waals surface area contributed by atoms with Gasteiger partial charge in [-0.25, -0.2) is 8.42 Å². The van der Waals surface area contributed by atoms with E-state index in [4.69, 9.17) is 17.3 Å². The second-order valence-corrected chi connectivity index (χ2v) is 6.28. The van der Waals surface area contributed by atoms with Gasteiger partial charge in [-0.3, -0.25) is 9.18 Å². The molecule has 0 aliphatic heterocycles. The van der Waals surface area contributed by atoms with E-state index < -0.39 is 34.1 Å². The first kappa shape index (κ1) is 14.9. The van der Waals surface area contributed by atoms with E-state index in [9.17, 15) is 17.6 Å². The third-order valence-corrected chi connectivity index (χ3v) is 4.54. The fourth-order valence-electron chi connectivity index (χ4n) is 1.44. The topological polar surface area (TPSA) is 77.2 Å². The molecule has 0 aliphatic carbocycles. The number of hydrogen-bond acceptors (Lipinski definition) is 3. The zero-order valence-corrected chi connectivity index (χ0v) is 11.0. The van der Waals surface area contributed by atoms with Gasteiger partial charge < -0.3 is 5.73 Å². The van der Waals surface area contributed by atoms with Gasteiger partial charge in [0.25, 0.3) is 0 Å². The van der Waals surface area contributed by atoms with E-state index >= 15 is 0 Å². The molecule has 0 radical (unpaired) electrons. The van der Waals surface area contributed by atoms with E-state index in [-0.39, 0.29) is 11.3 Å². The van der Waals surface area contributed by atoms with E-state index in [0.29, 0.717) is 5.02 Å². The highest BCUT2D eigenvalue weighted by Gasteiger charge is 2.25. The lowest BCUT2D eigenvalue weighted by atomic mass is 10.1. The van der Waals surface area contributed by atoms with Crippen LogP contribution in [0.15, 0.2) is 29.2 Å². The molecule has 0 heterocycles. The smallest absolute Gasteiger partial charge is 0.221 e. The first-order valence-corrected chi connectivity index (χ1v) is 7.23. The molecule has 7 heteroatoms. The summed E-state index contributed by atoms with van der Waals surface area (Å²) >= 11 is 5.65. The highest BCUT2D eigenvalue weighted by Crippen LogP contribution is 2.18. The second-order valence-electron chi connectivity index (χ2n) is 3.81. The van der Waals surface area contributed by atoms with Crippen molar-refractivity contribution >= 4 is 27.3 Å². The second kappa shape index (κ2) is 6.15. The molecule has 1 aromatic rings. The highest BCUT2D eigenvalue weighted by molar-refractivity contribution is 7.91. The molecule has 2 N–H and O–H groups in total. The molecule has 0 saturated carbocycles. The lowest BCUT2D eigenvalue weighted by molar-refractivity contribution is -0.121. The van der Waals surface area contributed by atoms with Crippen LogP contribution in [0, 0.1) is 5.92 Å². The summed E-state index contributed by atoms with van der Waals surface area (Å²) < 4.78 is 36.1. The summed E-state index contributed by atoms with van der Waals surface area (Å²) in [6.45, 7) is -0.788. The Kier molecular flexibility index (Phi) is 5.10. The molecule has 0 unspecified atom stereocenters. The molecule has 0 aliphatic rings. The number of alkyl halides is 1. The van der Waals surface area contributed by atoms with Gasteiger partial charge in [0.05, 0.1) is 23.2 Å². The standard InChI is InChI=1S/C11H13ClFNO3S/c12-9-1-3-10(4-2-9)18(16,17)7-8(5-6-13)11(14)15/h1-4,8H,5-7H2,(H2,14,15)/t8-/m0/s1. The van der Waals surface area contributed by atoms with Crippen LogP contribution in [0.4, 0.5) is 4.39 Å². The SMILES string of the molecule is NC(=O)[C@@H](CCF)CS(=O)(=O)c1ccc(Cl)cc1. The quantitative estimate of drug-likeness (QED) is 0.865. The van der Waals surface area contributed by atoms with E-state index in [2.05, 4.69) is 0 Å². The Morgan fingerprint density at radius 3 is 2.33 bits per heavy atom. The zero-order valence-electron chi connectivity index (χ0n) is 9.47. The van der Waals surface area contributed by atoms with E-state index in [1.807, 2.05) is 0 Å². The maximum atomic E-state index is 12.2. The average Bonchev–Trinajstić information content (AvgIpc) is 2.28. The van der Waals surface area contributed by atoms with Gasteiger partial charge in [0.2, 0.25) is 5.91 Å². The summed E-state index contributed by atoms with van der Waals surface area (Å²) in [7, 11) is -3.67. The third-order valence-electron chi connectivity index (χ3n) is 2.45. The van der Waals surface area contributed by atoms with Crippen molar-refractivity contribution in [3.05, 3.63) is 29.3 Å². The van der Waals surface area contributed by atoms with Crippen LogP contribution in [0.2, 0.25) is 5.02 Å². The summed E-state index contributed by atoms with van der Waals surface area (Å²) in [6, 6.07) is 5.54. The number of carbonyl (C=O) groups excluding carboxylic acids is 1. The van der Waals surface area contributed by atoms with Crippen molar-refractivity contribution in [1.82, 2.24) is 0 Å². The van der Waals surface area contributed by atoms with Gasteiger partial charge in [0, 0.05) is 5.02 Å². The van der Waals surface area contributed by atoms with Gasteiger partial charge in [-0.05, 0) is 30.7 Å². The van der Waals surface area contributed by atoms with Crippen LogP contribution in [-0.2, 0) is 14.6 Å². The number of nitrogens with two attached hydrogens (primary N) is 1. The summed E-state index contributed by atoms with van der Waals surface area (Å²) in [5.74, 6) is -2.32. The number of primary amides is 1. The summed E-state index contributed by atoms with van der Waals surface area (Å²) in [5, 5.41) is 0.407. The van der Waals surface area contributed by atoms with Gasteiger partial charge in [0.15, 0.2) is 9.84 Å². The Morgan fingerprint density at radius 2 is 1.89 bits per heavy atom. The van der Waals surface area contributed by atoms with Crippen LogP contribution in [0.5, 0.6) is 0 Å². The molecule has 0 spiro atoms. The van der Waals surface area contributed by atoms with Crippen molar-refractivity contribution in [1.29, 1.82) is 0 Å². The van der Waals surface area contributed by atoms with Crippen LogP contribution in [0.3, 0.4) is 0 Å². The molecule has 1 rings (SSSR count). The lowest BCUT2D eigenvalue weighted by Gasteiger charge is -2.12. The van der Waals surface area contributed by atoms with Gasteiger partial charge in [-0.2, -0.15) is 0 Å². The normalized spacial score (nSPS) is 13.2. The first-order chi connectivity index (χ1) is 8.36. The van der Waals surface area contributed by atoms with Gasteiger partial charge in [0.1, 0.15) is 0 Å². The number of sulfone groups is 1. The number of halogens is 2. The Bertz CT molecular complexity index is 516. The van der Waals surface area contributed by atoms with Crippen molar-refractivity contribution in [2.24, 2.45) is 11.7 Å². The number of hydrogen-bond donors (Lipinski definition) is 1. The van der Waals surface area contributed by atoms with Gasteiger partial charge >= 0.3 is 0 Å². The molecule has 18 heavy (non-hydrogen) atoms. The molecule has 1 amide bonds. The minimum absolute atomic E-state index is 0.0389. The number of benzene rings is 1. The monoisotopic (exact) mass is 293 g/mol. The molecule has 0 bridgehead atoms. The Hall–Kier alpha value is -1.14. The number of carbonyl (C=O) groups is 1. The average molecular weight is 294 g/mol. The van der Waals surface area contributed by atoms with Crippen molar-refractivity contribution in [3.63, 3.8) is 0 Å². The van der Waals surface area contributed by atoms with Crippen molar-refractivity contribution in [2.75, 3.05) is 12.4 Å². The van der Waals surface area contributed by atoms with E-state index in [0.717, 1.165) is 0 Å². The Morgan fingerprint density at radius 1 is 1.33 bits per heavy atom. The van der Waals surface area contributed by atoms with Crippen LogP contribution in [-0.4, -0.2) is 26.8 Å². The van der Waals surface area contributed by atoms with Crippen LogP contribution >= 0.6 is 11.6 Å². The number of amides is 1. The van der Waals surface area contributed by atoms with E-state index in [1.54, 1.807) is 0 Å². The molecule has 1 atom stereocenters. The predicted molar refractivity (Wildman–Crippen MR) is 66.8 cm³/mol. The summed E-state index contributed by atoms with van der Waals surface area (Å²) in [6.07, 6.45) is -0.192. The van der Waals surface area contributed by atoms with Crippen molar-refractivity contribution < 1.29 is 17.6 Å². The van der Waals surface area contributed by atoms with Crippen LogP contribution < -0.4 is 5.73 Å². The van der Waals surface area contributed by atoms with Crippen molar-refractivity contribution in [3.8, 4) is 0 Å². The molecule has 0 fully saturated rings. The predicted octanol–water partition coefficient (Wildman–Crippen LogP) is 1.57. The van der Waals surface area contributed by atoms with Crippen LogP contribution in [0.25, 0.3) is 0 Å². The van der Waals surface area contributed by atoms with E-state index in [1.165, 1.54) is 24.3 Å². The maximum Gasteiger partial charge on any atom is 0.221 e. The molecule has 4 nitrogen and oxygen atoms in total. The van der Waals surface area contributed by atoms with Crippen LogP contribution in [0.1, 0.15) is 6.42 Å². The molecule has 0 saturated heterocycles. The molecule has 0 aromatic heterocycles. The molecular formula is C11H13ClFNO3S. The van der Waals surface area contributed by atoms with Gasteiger partial charge in [-0.15, -0.1) is 0 Å². The maximum absolute atomic E-state index is 12.2. The van der Waals surface area contributed by atoms with Crippen molar-refractivity contribution in [2.45, 2.75) is 11.3 Å². The summed E-state index contributed by atoms with van der Waals surface area (Å²) in [5.41, 5.74) is 5.04.